The molecule has 3 fully saturated rings. The zero-order chi connectivity index (χ0) is 20.1. The van der Waals surface area contributed by atoms with Crippen molar-refractivity contribution in [2.24, 2.45) is 40.4 Å². The molecule has 0 heterocycles. The Morgan fingerprint density at radius 1 is 0.964 bits per heavy atom. The van der Waals surface area contributed by atoms with Crippen molar-refractivity contribution in [3.63, 3.8) is 0 Å². The van der Waals surface area contributed by atoms with Crippen LogP contribution in [-0.2, 0) is 0 Å². The topological polar surface area (TPSA) is 20.2 Å². The fourth-order valence-electron chi connectivity index (χ4n) is 8.01. The Balaban J connectivity index is 1.53. The van der Waals surface area contributed by atoms with Crippen molar-refractivity contribution in [2.75, 3.05) is 0 Å². The van der Waals surface area contributed by atoms with Crippen LogP contribution in [0.1, 0.15) is 98.8 Å². The molecule has 0 unspecified atom stereocenters. The van der Waals surface area contributed by atoms with E-state index in [0.29, 0.717) is 10.8 Å². The molecule has 4 aliphatic carbocycles. The van der Waals surface area contributed by atoms with E-state index in [-0.39, 0.29) is 6.10 Å². The lowest BCUT2D eigenvalue weighted by Crippen LogP contribution is -2.46. The molecule has 0 saturated heterocycles. The van der Waals surface area contributed by atoms with E-state index in [1.807, 2.05) is 0 Å². The largest absolute Gasteiger partial charge is 0.393 e. The van der Waals surface area contributed by atoms with Gasteiger partial charge in [0.2, 0.25) is 0 Å². The number of fused-ring (bicyclic) bond motifs is 5. The summed E-state index contributed by atoms with van der Waals surface area (Å²) in [4.78, 5) is 0. The number of rotatable bonds is 5. The Bertz CT molecular complexity index is 643. The lowest BCUT2D eigenvalue weighted by molar-refractivity contribution is 0.0323. The summed E-state index contributed by atoms with van der Waals surface area (Å²) in [6, 6.07) is 0. The van der Waals surface area contributed by atoms with Gasteiger partial charge in [-0.25, -0.2) is 0 Å². The first-order chi connectivity index (χ1) is 13.3. The first kappa shape index (κ1) is 20.7. The molecule has 0 aromatic heterocycles. The number of hydrogen-bond acceptors (Lipinski definition) is 1. The average molecular weight is 385 g/mol. The molecule has 0 aromatic carbocycles. The third-order valence-electron chi connectivity index (χ3n) is 9.75. The molecule has 28 heavy (non-hydrogen) atoms. The quantitative estimate of drug-likeness (QED) is 0.527. The third kappa shape index (κ3) is 3.34. The van der Waals surface area contributed by atoms with Gasteiger partial charge in [0, 0.05) is 0 Å². The summed E-state index contributed by atoms with van der Waals surface area (Å²) >= 11 is 0. The Morgan fingerprint density at radius 2 is 1.75 bits per heavy atom. The van der Waals surface area contributed by atoms with E-state index < -0.39 is 0 Å². The van der Waals surface area contributed by atoms with Crippen molar-refractivity contribution in [3.8, 4) is 0 Å². The molecule has 158 valence electrons. The van der Waals surface area contributed by atoms with Crippen LogP contribution >= 0.6 is 0 Å². The van der Waals surface area contributed by atoms with Crippen LogP contribution in [-0.4, -0.2) is 11.2 Å². The molecule has 0 amide bonds. The first-order valence-electron chi connectivity index (χ1n) is 12.3. The number of allylic oxidation sites excluding steroid dienone is 3. The molecule has 0 spiro atoms. The van der Waals surface area contributed by atoms with Gasteiger partial charge in [0.25, 0.3) is 0 Å². The van der Waals surface area contributed by atoms with Crippen LogP contribution in [0.25, 0.3) is 0 Å². The molecular formula is C27H44O. The predicted octanol–water partition coefficient (Wildman–Crippen LogP) is 7.31. The van der Waals surface area contributed by atoms with Crippen LogP contribution < -0.4 is 0 Å². The van der Waals surface area contributed by atoms with Crippen molar-refractivity contribution >= 4 is 0 Å². The maximum absolute atomic E-state index is 10.2. The molecule has 0 aromatic rings. The maximum Gasteiger partial charge on any atom is 0.0578 e. The molecule has 3 saturated carbocycles. The molecule has 0 bridgehead atoms. The van der Waals surface area contributed by atoms with Crippen molar-refractivity contribution in [3.05, 3.63) is 23.3 Å². The molecular weight excluding hydrogens is 340 g/mol. The standard InChI is InChI=1S/C27H44O/c1-18(2)7-6-8-19(3)23-11-12-24-22-10-9-20-17-21(28)13-15-26(20,4)25(22)14-16-27(23,24)5/h9-10,18-19,21,23-25,28H,6-8,11-17H2,1-5H3/t19-,21+,23-,24+,25+,26-,27+/m0/s1. The lowest BCUT2D eigenvalue weighted by atomic mass is 9.50. The normalized spacial score (nSPS) is 43.7. The van der Waals surface area contributed by atoms with Gasteiger partial charge >= 0.3 is 0 Å². The van der Waals surface area contributed by atoms with E-state index in [0.717, 1.165) is 42.4 Å². The van der Waals surface area contributed by atoms with E-state index >= 15 is 0 Å². The highest BCUT2D eigenvalue weighted by Crippen LogP contribution is 2.66. The van der Waals surface area contributed by atoms with Crippen LogP contribution in [0.4, 0.5) is 0 Å². The summed E-state index contributed by atoms with van der Waals surface area (Å²) < 4.78 is 0. The summed E-state index contributed by atoms with van der Waals surface area (Å²) in [7, 11) is 0. The molecule has 1 heteroatoms. The van der Waals surface area contributed by atoms with Crippen molar-refractivity contribution in [1.29, 1.82) is 0 Å². The van der Waals surface area contributed by atoms with E-state index in [1.54, 1.807) is 11.1 Å². The molecule has 0 aliphatic heterocycles. The number of aliphatic hydroxyl groups is 1. The van der Waals surface area contributed by atoms with E-state index in [1.165, 1.54) is 51.4 Å². The van der Waals surface area contributed by atoms with Crippen LogP contribution in [0.15, 0.2) is 23.3 Å². The van der Waals surface area contributed by atoms with E-state index in [4.69, 9.17) is 0 Å². The predicted molar refractivity (Wildman–Crippen MR) is 119 cm³/mol. The van der Waals surface area contributed by atoms with Crippen LogP contribution in [0.2, 0.25) is 0 Å². The van der Waals surface area contributed by atoms with Crippen molar-refractivity contribution in [2.45, 2.75) is 105 Å². The highest BCUT2D eigenvalue weighted by Gasteiger charge is 2.56. The molecule has 7 atom stereocenters. The SMILES string of the molecule is CC(C)CCC[C@H](C)[C@@H]1CC[C@@H]2C3=CC=C4C[C@H](O)CC[C@]4(C)[C@@H]3CC[C@@]21C. The summed E-state index contributed by atoms with van der Waals surface area (Å²) in [6.07, 6.45) is 17.8. The van der Waals surface area contributed by atoms with Gasteiger partial charge in [0.05, 0.1) is 6.10 Å². The summed E-state index contributed by atoms with van der Waals surface area (Å²) in [6.45, 7) is 12.5. The highest BCUT2D eigenvalue weighted by molar-refractivity contribution is 5.38. The number of aliphatic hydroxyl groups excluding tert-OH is 1. The van der Waals surface area contributed by atoms with Gasteiger partial charge in [-0.05, 0) is 85.4 Å². The van der Waals surface area contributed by atoms with Crippen LogP contribution in [0, 0.1) is 40.4 Å². The smallest absolute Gasteiger partial charge is 0.0578 e. The highest BCUT2D eigenvalue weighted by atomic mass is 16.3. The van der Waals surface area contributed by atoms with Gasteiger partial charge in [0.15, 0.2) is 0 Å². The van der Waals surface area contributed by atoms with Gasteiger partial charge in [0.1, 0.15) is 0 Å². The summed E-state index contributed by atoms with van der Waals surface area (Å²) in [5.41, 5.74) is 4.19. The Labute approximate surface area is 174 Å². The number of hydrogen-bond donors (Lipinski definition) is 1. The molecule has 4 aliphatic rings. The van der Waals surface area contributed by atoms with Gasteiger partial charge < -0.3 is 5.11 Å². The fraction of sp³-hybridized carbons (Fsp3) is 0.852. The Morgan fingerprint density at radius 3 is 2.50 bits per heavy atom. The maximum atomic E-state index is 10.2. The minimum Gasteiger partial charge on any atom is -0.393 e. The Kier molecular flexibility index (Phi) is 5.62. The monoisotopic (exact) mass is 384 g/mol. The minimum atomic E-state index is -0.106. The second kappa shape index (κ2) is 7.60. The van der Waals surface area contributed by atoms with Crippen molar-refractivity contribution in [1.82, 2.24) is 0 Å². The fourth-order valence-corrected chi connectivity index (χ4v) is 8.01. The van der Waals surface area contributed by atoms with Crippen LogP contribution in [0.5, 0.6) is 0 Å². The summed E-state index contributed by atoms with van der Waals surface area (Å²) in [5.74, 6) is 4.19. The zero-order valence-corrected chi connectivity index (χ0v) is 19.1. The van der Waals surface area contributed by atoms with E-state index in [9.17, 15) is 5.11 Å². The average Bonchev–Trinajstić information content (AvgIpc) is 2.99. The first-order valence-corrected chi connectivity index (χ1v) is 12.3. The van der Waals surface area contributed by atoms with Crippen LogP contribution in [0.3, 0.4) is 0 Å². The summed E-state index contributed by atoms with van der Waals surface area (Å²) in [5, 5.41) is 10.2. The lowest BCUT2D eigenvalue weighted by Gasteiger charge is -2.55. The van der Waals surface area contributed by atoms with Gasteiger partial charge in [-0.1, -0.05) is 77.2 Å². The molecule has 1 nitrogen and oxygen atoms in total. The van der Waals surface area contributed by atoms with Crippen molar-refractivity contribution < 1.29 is 5.11 Å². The zero-order valence-electron chi connectivity index (χ0n) is 19.1. The second-order valence-electron chi connectivity index (χ2n) is 11.8. The second-order valence-corrected chi connectivity index (χ2v) is 11.8. The Hall–Kier alpha value is -0.560. The van der Waals surface area contributed by atoms with Gasteiger partial charge in [-0.3, -0.25) is 0 Å². The van der Waals surface area contributed by atoms with Gasteiger partial charge in [-0.15, -0.1) is 0 Å². The third-order valence-corrected chi connectivity index (χ3v) is 9.75. The molecule has 0 radical (unpaired) electrons. The molecule has 1 N–H and O–H groups in total. The molecule has 4 rings (SSSR count). The minimum absolute atomic E-state index is 0.106. The van der Waals surface area contributed by atoms with Gasteiger partial charge in [-0.2, -0.15) is 0 Å². The van der Waals surface area contributed by atoms with E-state index in [2.05, 4.69) is 46.8 Å².